The topological polar surface area (TPSA) is 51.4 Å². The van der Waals surface area contributed by atoms with Crippen molar-refractivity contribution in [3.05, 3.63) is 17.3 Å². The summed E-state index contributed by atoms with van der Waals surface area (Å²) in [5, 5.41) is 1.93. The number of hydroxylamine groups is 1. The predicted molar refractivity (Wildman–Crippen MR) is 49.1 cm³/mol. The number of hydrogen-bond acceptors (Lipinski definition) is 4. The molecule has 0 bridgehead atoms. The van der Waals surface area contributed by atoms with Crippen molar-refractivity contribution >= 4 is 23.1 Å². The summed E-state index contributed by atoms with van der Waals surface area (Å²) in [4.78, 5) is 8.90. The molecule has 0 aliphatic carbocycles. The van der Waals surface area contributed by atoms with E-state index in [0.717, 1.165) is 0 Å². The number of aromatic nitrogens is 1. The second kappa shape index (κ2) is 3.60. The average molecular weight is 188 g/mol. The Morgan fingerprint density at radius 2 is 2.33 bits per heavy atom. The Morgan fingerprint density at radius 3 is 2.83 bits per heavy atom. The first-order valence-electron chi connectivity index (χ1n) is 3.34. The largest absolute Gasteiger partial charge is 0.397 e. The molecule has 4 nitrogen and oxygen atoms in total. The molecule has 0 fully saturated rings. The highest BCUT2D eigenvalue weighted by Gasteiger charge is 2.06. The molecular weight excluding hydrogens is 178 g/mol. The fourth-order valence-corrected chi connectivity index (χ4v) is 1.06. The van der Waals surface area contributed by atoms with Crippen LogP contribution in [0.5, 0.6) is 0 Å². The van der Waals surface area contributed by atoms with E-state index in [9.17, 15) is 0 Å². The molecule has 0 spiro atoms. The van der Waals surface area contributed by atoms with Gasteiger partial charge in [0.1, 0.15) is 0 Å². The van der Waals surface area contributed by atoms with Gasteiger partial charge in [-0.1, -0.05) is 11.6 Å². The molecule has 0 atom stereocenters. The molecule has 0 saturated heterocycles. The third-order valence-corrected chi connectivity index (χ3v) is 1.69. The zero-order chi connectivity index (χ0) is 9.14. The molecule has 1 heterocycles. The molecule has 0 aromatic carbocycles. The van der Waals surface area contributed by atoms with Crippen LogP contribution in [0.2, 0.25) is 5.02 Å². The van der Waals surface area contributed by atoms with Gasteiger partial charge in [0.05, 0.1) is 24.0 Å². The van der Waals surface area contributed by atoms with Crippen LogP contribution in [0.1, 0.15) is 0 Å². The molecule has 1 aromatic rings. The van der Waals surface area contributed by atoms with Gasteiger partial charge in [-0.25, -0.2) is 10.0 Å². The van der Waals surface area contributed by atoms with E-state index in [0.29, 0.717) is 16.5 Å². The molecule has 0 radical (unpaired) electrons. The zero-order valence-electron chi connectivity index (χ0n) is 6.91. The van der Waals surface area contributed by atoms with E-state index < -0.39 is 0 Å². The van der Waals surface area contributed by atoms with Gasteiger partial charge in [-0.3, -0.25) is 4.84 Å². The summed E-state index contributed by atoms with van der Waals surface area (Å²) in [5.41, 5.74) is 6.00. The van der Waals surface area contributed by atoms with Crippen molar-refractivity contribution < 1.29 is 4.84 Å². The molecule has 0 aliphatic rings. The van der Waals surface area contributed by atoms with Gasteiger partial charge in [-0.2, -0.15) is 0 Å². The Kier molecular flexibility index (Phi) is 2.73. The van der Waals surface area contributed by atoms with E-state index >= 15 is 0 Å². The van der Waals surface area contributed by atoms with Crippen LogP contribution in [0, 0.1) is 0 Å². The van der Waals surface area contributed by atoms with E-state index in [4.69, 9.17) is 22.2 Å². The van der Waals surface area contributed by atoms with Crippen molar-refractivity contribution in [1.29, 1.82) is 0 Å². The highest BCUT2D eigenvalue weighted by Crippen LogP contribution is 2.23. The lowest BCUT2D eigenvalue weighted by atomic mass is 10.4. The van der Waals surface area contributed by atoms with Crippen LogP contribution in [0.15, 0.2) is 12.3 Å². The Balaban J connectivity index is 3.01. The molecule has 0 saturated carbocycles. The van der Waals surface area contributed by atoms with Gasteiger partial charge in [0.25, 0.3) is 0 Å². The quantitative estimate of drug-likeness (QED) is 0.710. The zero-order valence-corrected chi connectivity index (χ0v) is 7.67. The number of nitrogens with zero attached hydrogens (tertiary/aromatic N) is 2. The first-order chi connectivity index (χ1) is 5.65. The maximum absolute atomic E-state index is 5.84. The second-order valence-corrected chi connectivity index (χ2v) is 2.66. The number of hydrogen-bond donors (Lipinski definition) is 1. The van der Waals surface area contributed by atoms with Crippen LogP contribution in [0.3, 0.4) is 0 Å². The molecule has 0 unspecified atom stereocenters. The highest BCUT2D eigenvalue weighted by molar-refractivity contribution is 6.33. The third-order valence-electron chi connectivity index (χ3n) is 1.42. The van der Waals surface area contributed by atoms with E-state index in [2.05, 4.69) is 4.98 Å². The Bertz CT molecular complexity index is 279. The lowest BCUT2D eigenvalue weighted by Gasteiger charge is -2.15. The van der Waals surface area contributed by atoms with E-state index in [1.54, 1.807) is 13.1 Å². The number of halogens is 1. The number of pyridine rings is 1. The van der Waals surface area contributed by atoms with Crippen LogP contribution in [0.4, 0.5) is 11.5 Å². The molecule has 0 aliphatic heterocycles. The SMILES string of the molecule is CON(C)c1ncc(N)cc1Cl. The van der Waals surface area contributed by atoms with Gasteiger partial charge in [-0.15, -0.1) is 0 Å². The van der Waals surface area contributed by atoms with Crippen LogP contribution in [0.25, 0.3) is 0 Å². The van der Waals surface area contributed by atoms with Crippen molar-refractivity contribution in [2.24, 2.45) is 0 Å². The minimum absolute atomic E-state index is 0.472. The summed E-state index contributed by atoms with van der Waals surface area (Å²) >= 11 is 5.84. The van der Waals surface area contributed by atoms with Gasteiger partial charge in [0.2, 0.25) is 0 Å². The molecule has 1 aromatic heterocycles. The molecule has 0 amide bonds. The maximum atomic E-state index is 5.84. The lowest BCUT2D eigenvalue weighted by molar-refractivity contribution is 0.182. The van der Waals surface area contributed by atoms with E-state index in [-0.39, 0.29) is 0 Å². The van der Waals surface area contributed by atoms with Crippen LogP contribution in [-0.2, 0) is 4.84 Å². The Labute approximate surface area is 75.9 Å². The fraction of sp³-hybridized carbons (Fsp3) is 0.286. The molecule has 2 N–H and O–H groups in total. The first-order valence-corrected chi connectivity index (χ1v) is 3.72. The molecule has 66 valence electrons. The number of anilines is 2. The van der Waals surface area contributed by atoms with Crippen LogP contribution < -0.4 is 10.8 Å². The standard InChI is InChI=1S/C7H10ClN3O/c1-11(12-2)7-6(8)3-5(9)4-10-7/h3-4H,9H2,1-2H3. The van der Waals surface area contributed by atoms with Gasteiger partial charge < -0.3 is 5.73 Å². The summed E-state index contributed by atoms with van der Waals surface area (Å²) in [6.45, 7) is 0. The lowest BCUT2D eigenvalue weighted by Crippen LogP contribution is -2.16. The third kappa shape index (κ3) is 1.78. The van der Waals surface area contributed by atoms with E-state index in [1.807, 2.05) is 0 Å². The van der Waals surface area contributed by atoms with Crippen molar-refractivity contribution in [2.45, 2.75) is 0 Å². The predicted octanol–water partition coefficient (Wildman–Crippen LogP) is 1.31. The normalized spacial score (nSPS) is 9.92. The smallest absolute Gasteiger partial charge is 0.171 e. The van der Waals surface area contributed by atoms with E-state index in [1.165, 1.54) is 18.4 Å². The molecule has 1 rings (SSSR count). The minimum atomic E-state index is 0.472. The van der Waals surface area contributed by atoms with Gasteiger partial charge in [0, 0.05) is 7.05 Å². The summed E-state index contributed by atoms with van der Waals surface area (Å²) in [6.07, 6.45) is 1.52. The van der Waals surface area contributed by atoms with Gasteiger partial charge in [-0.05, 0) is 6.07 Å². The van der Waals surface area contributed by atoms with Crippen LogP contribution >= 0.6 is 11.6 Å². The summed E-state index contributed by atoms with van der Waals surface area (Å²) in [6, 6.07) is 1.62. The Hall–Kier alpha value is -1.00. The summed E-state index contributed by atoms with van der Waals surface area (Å²) in [5.74, 6) is 0.549. The maximum Gasteiger partial charge on any atom is 0.171 e. The fourth-order valence-electron chi connectivity index (χ4n) is 0.764. The summed E-state index contributed by atoms with van der Waals surface area (Å²) in [7, 11) is 3.25. The Morgan fingerprint density at radius 1 is 1.67 bits per heavy atom. The van der Waals surface area contributed by atoms with Gasteiger partial charge in [0.15, 0.2) is 5.82 Å². The average Bonchev–Trinajstić information content (AvgIpc) is 2.03. The summed E-state index contributed by atoms with van der Waals surface area (Å²) < 4.78 is 0. The first kappa shape index (κ1) is 9.09. The van der Waals surface area contributed by atoms with Crippen molar-refractivity contribution in [3.63, 3.8) is 0 Å². The highest BCUT2D eigenvalue weighted by atomic mass is 35.5. The minimum Gasteiger partial charge on any atom is -0.397 e. The van der Waals surface area contributed by atoms with Gasteiger partial charge >= 0.3 is 0 Å². The monoisotopic (exact) mass is 187 g/mol. The second-order valence-electron chi connectivity index (χ2n) is 2.25. The van der Waals surface area contributed by atoms with Crippen molar-refractivity contribution in [1.82, 2.24) is 4.98 Å². The van der Waals surface area contributed by atoms with Crippen molar-refractivity contribution in [2.75, 3.05) is 25.0 Å². The number of nitrogen functional groups attached to an aromatic ring is 1. The molecule has 5 heteroatoms. The van der Waals surface area contributed by atoms with Crippen molar-refractivity contribution in [3.8, 4) is 0 Å². The molecule has 12 heavy (non-hydrogen) atoms. The molecular formula is C7H10ClN3O. The number of nitrogens with two attached hydrogens (primary N) is 1. The van der Waals surface area contributed by atoms with Crippen LogP contribution in [-0.4, -0.2) is 19.1 Å². The number of rotatable bonds is 2.